The molecule has 1 heterocycles. The molecule has 0 aromatic heterocycles. The highest BCUT2D eigenvalue weighted by Crippen LogP contribution is 2.26. The summed E-state index contributed by atoms with van der Waals surface area (Å²) in [5, 5.41) is 3.57. The maximum absolute atomic E-state index is 5.87. The molecule has 1 aromatic rings. The molecule has 17 heavy (non-hydrogen) atoms. The second-order valence-corrected chi connectivity index (χ2v) is 5.74. The molecule has 2 rings (SSSR count). The zero-order chi connectivity index (χ0) is 12.5. The van der Waals surface area contributed by atoms with Crippen molar-refractivity contribution in [2.24, 2.45) is 0 Å². The number of nitrogens with one attached hydrogen (secondary N) is 1. The predicted molar refractivity (Wildman–Crippen MR) is 73.8 cm³/mol. The zero-order valence-electron chi connectivity index (χ0n) is 10.3. The highest BCUT2D eigenvalue weighted by atomic mass is 79.9. The van der Waals surface area contributed by atoms with Gasteiger partial charge in [-0.2, -0.15) is 0 Å². The summed E-state index contributed by atoms with van der Waals surface area (Å²) >= 11 is 3.40. The van der Waals surface area contributed by atoms with Crippen LogP contribution in [0.25, 0.3) is 0 Å². The molecular formula is C13H19BrN2O. The van der Waals surface area contributed by atoms with E-state index in [9.17, 15) is 0 Å². The topological polar surface area (TPSA) is 47.3 Å². The number of hydrogen-bond donors (Lipinski definition) is 2. The fourth-order valence-corrected chi connectivity index (χ4v) is 2.32. The van der Waals surface area contributed by atoms with Crippen molar-refractivity contribution in [1.82, 2.24) is 5.32 Å². The van der Waals surface area contributed by atoms with Crippen LogP contribution in [0.4, 0.5) is 5.69 Å². The van der Waals surface area contributed by atoms with Crippen LogP contribution >= 0.6 is 15.9 Å². The van der Waals surface area contributed by atoms with Gasteiger partial charge in [0.25, 0.3) is 0 Å². The van der Waals surface area contributed by atoms with Crippen LogP contribution in [-0.4, -0.2) is 18.2 Å². The number of benzene rings is 1. The number of anilines is 1. The fourth-order valence-electron chi connectivity index (χ4n) is 2.07. The van der Waals surface area contributed by atoms with Crippen LogP contribution in [0.3, 0.4) is 0 Å². The Balaban J connectivity index is 2.00. The van der Waals surface area contributed by atoms with Crippen molar-refractivity contribution < 1.29 is 4.74 Å². The van der Waals surface area contributed by atoms with E-state index in [1.807, 2.05) is 12.1 Å². The molecule has 3 nitrogen and oxygen atoms in total. The quantitative estimate of drug-likeness (QED) is 0.844. The van der Waals surface area contributed by atoms with Gasteiger partial charge in [-0.15, -0.1) is 0 Å². The Labute approximate surface area is 111 Å². The Morgan fingerprint density at radius 2 is 2.35 bits per heavy atom. The zero-order valence-corrected chi connectivity index (χ0v) is 11.9. The molecule has 1 aliphatic heterocycles. The van der Waals surface area contributed by atoms with E-state index in [0.717, 1.165) is 29.7 Å². The van der Waals surface area contributed by atoms with E-state index in [-0.39, 0.29) is 11.6 Å². The second kappa shape index (κ2) is 4.96. The summed E-state index contributed by atoms with van der Waals surface area (Å²) in [6.07, 6.45) is 1.32. The Morgan fingerprint density at radius 1 is 1.59 bits per heavy atom. The summed E-state index contributed by atoms with van der Waals surface area (Å²) in [5.41, 5.74) is 7.92. The monoisotopic (exact) mass is 298 g/mol. The first kappa shape index (κ1) is 12.9. The van der Waals surface area contributed by atoms with Gasteiger partial charge >= 0.3 is 0 Å². The minimum Gasteiger partial charge on any atom is -0.398 e. The van der Waals surface area contributed by atoms with Crippen LogP contribution in [0.5, 0.6) is 0 Å². The lowest BCUT2D eigenvalue weighted by Gasteiger charge is -2.29. The Hall–Kier alpha value is -0.580. The molecule has 0 bridgehead atoms. The maximum Gasteiger partial charge on any atom is 0.0726 e. The molecule has 1 aliphatic rings. The van der Waals surface area contributed by atoms with Gasteiger partial charge in [0.05, 0.1) is 6.10 Å². The lowest BCUT2D eigenvalue weighted by molar-refractivity contribution is 0.0881. The third kappa shape index (κ3) is 2.81. The highest BCUT2D eigenvalue weighted by molar-refractivity contribution is 9.10. The largest absolute Gasteiger partial charge is 0.398 e. The van der Waals surface area contributed by atoms with Gasteiger partial charge in [-0.3, -0.25) is 0 Å². The minimum absolute atomic E-state index is 0.0713. The average Bonchev–Trinajstić information content (AvgIpc) is 2.62. The lowest BCUT2D eigenvalue weighted by atomic mass is 9.94. The molecule has 1 fully saturated rings. The van der Waals surface area contributed by atoms with Gasteiger partial charge in [0.2, 0.25) is 0 Å². The van der Waals surface area contributed by atoms with Crippen molar-refractivity contribution >= 4 is 21.6 Å². The average molecular weight is 299 g/mol. The van der Waals surface area contributed by atoms with E-state index in [1.165, 1.54) is 5.56 Å². The standard InChI is InChI=1S/C13H19BrN2O/c1-9-13(2,5-6-17-9)16-8-10-3-4-11(14)12(15)7-10/h3-4,7,9,16H,5-6,8,15H2,1-2H3. The van der Waals surface area contributed by atoms with Crippen molar-refractivity contribution in [3.8, 4) is 0 Å². The first-order valence-electron chi connectivity index (χ1n) is 5.92. The summed E-state index contributed by atoms with van der Waals surface area (Å²) < 4.78 is 6.55. The molecule has 2 atom stereocenters. The van der Waals surface area contributed by atoms with Gasteiger partial charge in [-0.25, -0.2) is 0 Å². The molecule has 0 radical (unpaired) electrons. The molecule has 0 amide bonds. The van der Waals surface area contributed by atoms with Crippen molar-refractivity contribution in [1.29, 1.82) is 0 Å². The van der Waals surface area contributed by atoms with Gasteiger partial charge in [-0.1, -0.05) is 6.07 Å². The SMILES string of the molecule is CC1OCCC1(C)NCc1ccc(Br)c(N)c1. The van der Waals surface area contributed by atoms with E-state index >= 15 is 0 Å². The van der Waals surface area contributed by atoms with Gasteiger partial charge in [0, 0.05) is 28.9 Å². The number of ether oxygens (including phenoxy) is 1. The van der Waals surface area contributed by atoms with Crippen LogP contribution < -0.4 is 11.1 Å². The first-order chi connectivity index (χ1) is 8.01. The highest BCUT2D eigenvalue weighted by Gasteiger charge is 2.36. The third-order valence-corrected chi connectivity index (χ3v) is 4.37. The van der Waals surface area contributed by atoms with Gasteiger partial charge in [0.15, 0.2) is 0 Å². The third-order valence-electron chi connectivity index (χ3n) is 3.64. The molecular weight excluding hydrogens is 280 g/mol. The Bertz CT molecular complexity index is 410. The van der Waals surface area contributed by atoms with Crippen LogP contribution in [0.15, 0.2) is 22.7 Å². The van der Waals surface area contributed by atoms with E-state index in [1.54, 1.807) is 0 Å². The van der Waals surface area contributed by atoms with Crippen LogP contribution in [-0.2, 0) is 11.3 Å². The van der Waals surface area contributed by atoms with Crippen LogP contribution in [0.2, 0.25) is 0 Å². The maximum atomic E-state index is 5.87. The second-order valence-electron chi connectivity index (χ2n) is 4.89. The van der Waals surface area contributed by atoms with E-state index in [4.69, 9.17) is 10.5 Å². The molecule has 0 aliphatic carbocycles. The van der Waals surface area contributed by atoms with E-state index in [0.29, 0.717) is 0 Å². The molecule has 2 unspecified atom stereocenters. The smallest absolute Gasteiger partial charge is 0.0726 e. The summed E-state index contributed by atoms with van der Waals surface area (Å²) in [4.78, 5) is 0. The van der Waals surface area contributed by atoms with Gasteiger partial charge in [-0.05, 0) is 53.9 Å². The number of hydrogen-bond acceptors (Lipinski definition) is 3. The normalized spacial score (nSPS) is 28.5. The van der Waals surface area contributed by atoms with Crippen LogP contribution in [0, 0.1) is 0 Å². The fraction of sp³-hybridized carbons (Fsp3) is 0.538. The molecule has 1 aromatic carbocycles. The number of nitrogens with two attached hydrogens (primary N) is 1. The molecule has 3 N–H and O–H groups in total. The number of rotatable bonds is 3. The summed E-state index contributed by atoms with van der Waals surface area (Å²) in [6, 6.07) is 6.07. The molecule has 0 spiro atoms. The van der Waals surface area contributed by atoms with Gasteiger partial charge in [0.1, 0.15) is 0 Å². The first-order valence-corrected chi connectivity index (χ1v) is 6.71. The molecule has 94 valence electrons. The summed E-state index contributed by atoms with van der Waals surface area (Å²) in [6.45, 7) is 6.00. The van der Waals surface area contributed by atoms with Crippen molar-refractivity contribution in [3.63, 3.8) is 0 Å². The van der Waals surface area contributed by atoms with Crippen molar-refractivity contribution in [2.75, 3.05) is 12.3 Å². The van der Waals surface area contributed by atoms with E-state index < -0.39 is 0 Å². The molecule has 1 saturated heterocycles. The molecule has 0 saturated carbocycles. The number of nitrogen functional groups attached to an aromatic ring is 1. The van der Waals surface area contributed by atoms with E-state index in [2.05, 4.69) is 41.2 Å². The van der Waals surface area contributed by atoms with Crippen LogP contribution in [0.1, 0.15) is 25.8 Å². The minimum atomic E-state index is 0.0713. The number of halogens is 1. The Kier molecular flexibility index (Phi) is 3.76. The van der Waals surface area contributed by atoms with Crippen molar-refractivity contribution in [3.05, 3.63) is 28.2 Å². The van der Waals surface area contributed by atoms with Gasteiger partial charge < -0.3 is 15.8 Å². The summed E-state index contributed by atoms with van der Waals surface area (Å²) in [7, 11) is 0. The van der Waals surface area contributed by atoms with Crippen molar-refractivity contribution in [2.45, 2.75) is 38.5 Å². The lowest BCUT2D eigenvalue weighted by Crippen LogP contribution is -2.47. The predicted octanol–water partition coefficient (Wildman–Crippen LogP) is 2.69. The Morgan fingerprint density at radius 3 is 2.94 bits per heavy atom. The molecule has 4 heteroatoms. The summed E-state index contributed by atoms with van der Waals surface area (Å²) in [5.74, 6) is 0.